The quantitative estimate of drug-likeness (QED) is 0.684. The fourth-order valence-corrected chi connectivity index (χ4v) is 2.65. The van der Waals surface area contributed by atoms with Crippen molar-refractivity contribution >= 4 is 29.0 Å². The fourth-order valence-electron chi connectivity index (χ4n) is 2.52. The highest BCUT2D eigenvalue weighted by Gasteiger charge is 2.49. The lowest BCUT2D eigenvalue weighted by Gasteiger charge is -2.26. The summed E-state index contributed by atoms with van der Waals surface area (Å²) in [5, 5.41) is 0. The molecule has 1 atom stereocenters. The van der Waals surface area contributed by atoms with Crippen LogP contribution in [0.4, 0.5) is 0 Å². The fraction of sp³-hybridized carbons (Fsp3) is 0.438. The molecule has 0 aliphatic carbocycles. The molecule has 0 radical (unpaired) electrons. The number of nitrogens with zero attached hydrogens (tertiary/aromatic N) is 1. The minimum atomic E-state index is -0.599. The Balaban J connectivity index is 2.24. The van der Waals surface area contributed by atoms with Crippen molar-refractivity contribution in [2.45, 2.75) is 33.7 Å². The highest BCUT2D eigenvalue weighted by molar-refractivity contribution is 7.80. The summed E-state index contributed by atoms with van der Waals surface area (Å²) in [5.74, 6) is -0.0814. The summed E-state index contributed by atoms with van der Waals surface area (Å²) in [6, 6.07) is 7.34. The van der Waals surface area contributed by atoms with Gasteiger partial charge in [0.2, 0.25) is 11.8 Å². The molecule has 1 aliphatic rings. The van der Waals surface area contributed by atoms with Crippen molar-refractivity contribution in [2.24, 2.45) is 17.1 Å². The Morgan fingerprint density at radius 3 is 2.62 bits per heavy atom. The van der Waals surface area contributed by atoms with Crippen LogP contribution in [-0.2, 0) is 16.1 Å². The van der Waals surface area contributed by atoms with Crippen LogP contribution in [0.5, 0.6) is 0 Å². The topological polar surface area (TPSA) is 63.4 Å². The van der Waals surface area contributed by atoms with Gasteiger partial charge in [0.25, 0.3) is 0 Å². The van der Waals surface area contributed by atoms with Crippen molar-refractivity contribution in [3.8, 4) is 0 Å². The van der Waals surface area contributed by atoms with E-state index in [2.05, 4.69) is 0 Å². The van der Waals surface area contributed by atoms with E-state index < -0.39 is 5.41 Å². The molecule has 1 unspecified atom stereocenters. The summed E-state index contributed by atoms with van der Waals surface area (Å²) in [6.07, 6.45) is 0.276. The van der Waals surface area contributed by atoms with E-state index in [1.54, 1.807) is 0 Å². The monoisotopic (exact) mass is 304 g/mol. The van der Waals surface area contributed by atoms with Gasteiger partial charge in [0, 0.05) is 12.0 Å². The van der Waals surface area contributed by atoms with E-state index in [4.69, 9.17) is 18.0 Å². The zero-order valence-corrected chi connectivity index (χ0v) is 13.4. The molecular formula is C16H20N2O2S. The van der Waals surface area contributed by atoms with Crippen LogP contribution >= 0.6 is 12.2 Å². The smallest absolute Gasteiger partial charge is 0.236 e. The van der Waals surface area contributed by atoms with Gasteiger partial charge in [-0.1, -0.05) is 44.3 Å². The molecular weight excluding hydrogens is 284 g/mol. The average Bonchev–Trinajstić information content (AvgIpc) is 2.64. The van der Waals surface area contributed by atoms with Crippen LogP contribution in [0.15, 0.2) is 24.3 Å². The SMILES string of the molecule is CC(C)C1(C)CC(=O)N(Cc2cccc(C(N)=S)c2)C1=O. The number of thiocarbonyl (C=S) groups is 1. The van der Waals surface area contributed by atoms with E-state index in [9.17, 15) is 9.59 Å². The zero-order chi connectivity index (χ0) is 15.8. The molecule has 112 valence electrons. The summed E-state index contributed by atoms with van der Waals surface area (Å²) in [4.78, 5) is 26.4. The van der Waals surface area contributed by atoms with Crippen molar-refractivity contribution in [3.63, 3.8) is 0 Å². The Kier molecular flexibility index (Phi) is 4.14. The molecule has 2 N–H and O–H groups in total. The molecule has 1 aromatic rings. The van der Waals surface area contributed by atoms with E-state index in [1.807, 2.05) is 45.0 Å². The normalized spacial score (nSPS) is 22.2. The lowest BCUT2D eigenvalue weighted by atomic mass is 9.78. The van der Waals surface area contributed by atoms with Crippen molar-refractivity contribution in [1.29, 1.82) is 0 Å². The molecule has 0 aromatic heterocycles. The van der Waals surface area contributed by atoms with E-state index in [0.717, 1.165) is 11.1 Å². The maximum absolute atomic E-state index is 12.6. The molecule has 0 saturated carbocycles. The standard InChI is InChI=1S/C16H20N2O2S/c1-10(2)16(3)8-13(19)18(15(16)20)9-11-5-4-6-12(7-11)14(17)21/h4-7,10H,8-9H2,1-3H3,(H2,17,21). The third kappa shape index (κ3) is 2.83. The van der Waals surface area contributed by atoms with Crippen LogP contribution in [-0.4, -0.2) is 21.7 Å². The van der Waals surface area contributed by atoms with Crippen molar-refractivity contribution < 1.29 is 9.59 Å². The number of nitrogens with two attached hydrogens (primary N) is 1. The van der Waals surface area contributed by atoms with Gasteiger partial charge in [-0.15, -0.1) is 0 Å². The van der Waals surface area contributed by atoms with E-state index in [1.165, 1.54) is 4.90 Å². The van der Waals surface area contributed by atoms with Gasteiger partial charge in [-0.05, 0) is 24.5 Å². The van der Waals surface area contributed by atoms with Gasteiger partial charge >= 0.3 is 0 Å². The predicted molar refractivity (Wildman–Crippen MR) is 85.4 cm³/mol. The second kappa shape index (κ2) is 5.56. The van der Waals surface area contributed by atoms with Gasteiger partial charge in [0.1, 0.15) is 4.99 Å². The Hall–Kier alpha value is -1.75. The van der Waals surface area contributed by atoms with Gasteiger partial charge in [-0.2, -0.15) is 0 Å². The maximum Gasteiger partial charge on any atom is 0.236 e. The number of carbonyl (C=O) groups excluding carboxylic acids is 2. The lowest BCUT2D eigenvalue weighted by Crippen LogP contribution is -2.36. The highest BCUT2D eigenvalue weighted by atomic mass is 32.1. The van der Waals surface area contributed by atoms with Crippen molar-refractivity contribution in [1.82, 2.24) is 4.90 Å². The van der Waals surface area contributed by atoms with E-state index in [-0.39, 0.29) is 30.7 Å². The Morgan fingerprint density at radius 2 is 2.10 bits per heavy atom. The van der Waals surface area contributed by atoms with E-state index >= 15 is 0 Å². The number of imide groups is 1. The number of likely N-dealkylation sites (tertiary alicyclic amines) is 1. The average molecular weight is 304 g/mol. The molecule has 2 amide bonds. The Bertz CT molecular complexity index is 612. The summed E-state index contributed by atoms with van der Waals surface area (Å²) < 4.78 is 0. The van der Waals surface area contributed by atoms with Gasteiger partial charge in [-0.3, -0.25) is 14.5 Å². The number of hydrogen-bond acceptors (Lipinski definition) is 3. The molecule has 0 spiro atoms. The van der Waals surface area contributed by atoms with Crippen molar-refractivity contribution in [2.75, 3.05) is 0 Å². The first-order valence-electron chi connectivity index (χ1n) is 6.99. The second-order valence-electron chi connectivity index (χ2n) is 6.10. The molecule has 5 heteroatoms. The molecule has 4 nitrogen and oxygen atoms in total. The molecule has 1 aliphatic heterocycles. The molecule has 1 fully saturated rings. The lowest BCUT2D eigenvalue weighted by molar-refractivity contribution is -0.142. The van der Waals surface area contributed by atoms with Crippen LogP contribution in [0.1, 0.15) is 38.3 Å². The Labute approximate surface area is 130 Å². The molecule has 1 heterocycles. The number of rotatable bonds is 4. The van der Waals surface area contributed by atoms with Crippen LogP contribution in [0.2, 0.25) is 0 Å². The summed E-state index contributed by atoms with van der Waals surface area (Å²) in [7, 11) is 0. The number of benzene rings is 1. The van der Waals surface area contributed by atoms with Gasteiger partial charge in [0.15, 0.2) is 0 Å². The molecule has 2 rings (SSSR count). The first kappa shape index (κ1) is 15.6. The minimum absolute atomic E-state index is 0.0942. The summed E-state index contributed by atoms with van der Waals surface area (Å²) >= 11 is 4.95. The minimum Gasteiger partial charge on any atom is -0.389 e. The van der Waals surface area contributed by atoms with Gasteiger partial charge in [-0.25, -0.2) is 0 Å². The first-order valence-corrected chi connectivity index (χ1v) is 7.40. The molecule has 0 bridgehead atoms. The van der Waals surface area contributed by atoms with Crippen LogP contribution in [0.25, 0.3) is 0 Å². The van der Waals surface area contributed by atoms with Gasteiger partial charge < -0.3 is 5.73 Å². The Morgan fingerprint density at radius 1 is 1.43 bits per heavy atom. The summed E-state index contributed by atoms with van der Waals surface area (Å²) in [5.41, 5.74) is 6.61. The molecule has 21 heavy (non-hydrogen) atoms. The largest absolute Gasteiger partial charge is 0.389 e. The molecule has 1 saturated heterocycles. The molecule has 1 aromatic carbocycles. The number of amides is 2. The third-order valence-electron chi connectivity index (χ3n) is 4.38. The van der Waals surface area contributed by atoms with Crippen LogP contribution < -0.4 is 5.73 Å². The van der Waals surface area contributed by atoms with Gasteiger partial charge in [0.05, 0.1) is 12.0 Å². The second-order valence-corrected chi connectivity index (χ2v) is 6.54. The number of hydrogen-bond donors (Lipinski definition) is 1. The first-order chi connectivity index (χ1) is 9.75. The third-order valence-corrected chi connectivity index (χ3v) is 4.62. The predicted octanol–water partition coefficient (Wildman–Crippen LogP) is 2.24. The zero-order valence-electron chi connectivity index (χ0n) is 12.6. The van der Waals surface area contributed by atoms with Crippen LogP contribution in [0, 0.1) is 11.3 Å². The highest BCUT2D eigenvalue weighted by Crippen LogP contribution is 2.39. The maximum atomic E-state index is 12.6. The number of carbonyl (C=O) groups is 2. The summed E-state index contributed by atoms with van der Waals surface area (Å²) in [6.45, 7) is 6.09. The van der Waals surface area contributed by atoms with Crippen molar-refractivity contribution in [3.05, 3.63) is 35.4 Å². The van der Waals surface area contributed by atoms with E-state index in [0.29, 0.717) is 4.99 Å². The van der Waals surface area contributed by atoms with Crippen LogP contribution in [0.3, 0.4) is 0 Å².